The lowest BCUT2D eigenvalue weighted by Crippen LogP contribution is -2.25. The van der Waals surface area contributed by atoms with E-state index in [-0.39, 0.29) is 10.9 Å². The normalized spacial score (nSPS) is 11.8. The van der Waals surface area contributed by atoms with Crippen LogP contribution in [0, 0.1) is 11.7 Å². The third kappa shape index (κ3) is 6.99. The SMILES string of the molecule is CCN(CC)CCCNc1cc2nc(/C=C/c3ccc(CC(C)C)cc3)[nH]c(=O)c2cc1F. The molecule has 0 amide bonds. The fraction of sp³-hybridized carbons (Fsp3) is 0.407. The van der Waals surface area contributed by atoms with Crippen LogP contribution in [0.15, 0.2) is 41.2 Å². The monoisotopic (exact) mass is 450 g/mol. The van der Waals surface area contributed by atoms with Crippen LogP contribution in [0.5, 0.6) is 0 Å². The quantitative estimate of drug-likeness (QED) is 0.375. The first-order chi connectivity index (χ1) is 15.9. The molecule has 33 heavy (non-hydrogen) atoms. The molecule has 0 radical (unpaired) electrons. The third-order valence-electron chi connectivity index (χ3n) is 5.73. The van der Waals surface area contributed by atoms with Crippen molar-refractivity contribution in [3.05, 3.63) is 69.5 Å². The lowest BCUT2D eigenvalue weighted by Gasteiger charge is -2.18. The first-order valence-electron chi connectivity index (χ1n) is 11.9. The second-order valence-corrected chi connectivity index (χ2v) is 8.78. The van der Waals surface area contributed by atoms with E-state index < -0.39 is 5.82 Å². The van der Waals surface area contributed by atoms with E-state index in [9.17, 15) is 9.18 Å². The Kier molecular flexibility index (Phi) is 8.78. The van der Waals surface area contributed by atoms with Crippen LogP contribution in [0.4, 0.5) is 10.1 Å². The van der Waals surface area contributed by atoms with Gasteiger partial charge in [0.1, 0.15) is 11.6 Å². The maximum atomic E-state index is 14.5. The summed E-state index contributed by atoms with van der Waals surface area (Å²) in [6.45, 7) is 12.3. The molecule has 0 spiro atoms. The van der Waals surface area contributed by atoms with Crippen LogP contribution in [-0.2, 0) is 6.42 Å². The lowest BCUT2D eigenvalue weighted by atomic mass is 10.0. The highest BCUT2D eigenvalue weighted by molar-refractivity contribution is 5.83. The van der Waals surface area contributed by atoms with Crippen molar-refractivity contribution in [1.29, 1.82) is 0 Å². The predicted molar refractivity (Wildman–Crippen MR) is 137 cm³/mol. The molecule has 2 aromatic carbocycles. The molecule has 0 aliphatic rings. The summed E-state index contributed by atoms with van der Waals surface area (Å²) in [5, 5.41) is 3.40. The number of nitrogens with one attached hydrogen (secondary N) is 2. The number of rotatable bonds is 11. The summed E-state index contributed by atoms with van der Waals surface area (Å²) in [7, 11) is 0. The Morgan fingerprint density at radius 2 is 1.85 bits per heavy atom. The Hall–Kier alpha value is -2.99. The fourth-order valence-corrected chi connectivity index (χ4v) is 3.87. The molecular formula is C27H35FN4O. The van der Waals surface area contributed by atoms with E-state index in [2.05, 4.69) is 72.1 Å². The zero-order valence-corrected chi connectivity index (χ0v) is 20.1. The molecule has 0 bridgehead atoms. The van der Waals surface area contributed by atoms with Gasteiger partial charge < -0.3 is 15.2 Å². The van der Waals surface area contributed by atoms with Crippen LogP contribution < -0.4 is 10.9 Å². The average Bonchev–Trinajstić information content (AvgIpc) is 2.79. The molecule has 0 unspecified atom stereocenters. The zero-order valence-electron chi connectivity index (χ0n) is 20.1. The minimum atomic E-state index is -0.442. The molecule has 0 fully saturated rings. The number of aromatic amines is 1. The van der Waals surface area contributed by atoms with Gasteiger partial charge in [0.15, 0.2) is 0 Å². The first-order valence-corrected chi connectivity index (χ1v) is 11.9. The van der Waals surface area contributed by atoms with E-state index in [0.29, 0.717) is 29.5 Å². The van der Waals surface area contributed by atoms with E-state index in [1.54, 1.807) is 12.1 Å². The maximum Gasteiger partial charge on any atom is 0.259 e. The summed E-state index contributed by atoms with van der Waals surface area (Å²) >= 11 is 0. The number of hydrogen-bond donors (Lipinski definition) is 2. The van der Waals surface area contributed by atoms with E-state index in [1.807, 2.05) is 6.08 Å². The highest BCUT2D eigenvalue weighted by atomic mass is 19.1. The number of H-pyrrole nitrogens is 1. The number of benzene rings is 2. The summed E-state index contributed by atoms with van der Waals surface area (Å²) in [4.78, 5) is 22.1. The number of nitrogens with zero attached hydrogens (tertiary/aromatic N) is 2. The van der Waals surface area contributed by atoms with Gasteiger partial charge in [0.2, 0.25) is 0 Å². The smallest absolute Gasteiger partial charge is 0.259 e. The second-order valence-electron chi connectivity index (χ2n) is 8.78. The van der Waals surface area contributed by atoms with Gasteiger partial charge in [-0.1, -0.05) is 58.0 Å². The lowest BCUT2D eigenvalue weighted by molar-refractivity contribution is 0.303. The number of halogens is 1. The topological polar surface area (TPSA) is 61.0 Å². The van der Waals surface area contributed by atoms with E-state index in [0.717, 1.165) is 38.0 Å². The second kappa shape index (κ2) is 11.8. The standard InChI is InChI=1S/C27H35FN4O/c1-5-32(6-2)15-7-14-29-25-18-24-22(17-23(25)28)27(33)31-26(30-24)13-12-20-8-10-21(11-9-20)16-19(3)4/h8-13,17-19,29H,5-7,14-16H2,1-4H3,(H,30,31,33)/b13-12+. The average molecular weight is 451 g/mol. The van der Waals surface area contributed by atoms with Crippen molar-refractivity contribution in [1.82, 2.24) is 14.9 Å². The summed E-state index contributed by atoms with van der Waals surface area (Å²) in [5.41, 5.74) is 2.83. The molecule has 5 nitrogen and oxygen atoms in total. The molecule has 3 rings (SSSR count). The van der Waals surface area contributed by atoms with Gasteiger partial charge in [-0.3, -0.25) is 4.79 Å². The van der Waals surface area contributed by atoms with Crippen LogP contribution in [0.1, 0.15) is 51.1 Å². The van der Waals surface area contributed by atoms with E-state index in [1.165, 1.54) is 11.6 Å². The van der Waals surface area contributed by atoms with Crippen molar-refractivity contribution < 1.29 is 4.39 Å². The molecule has 0 aliphatic carbocycles. The molecular weight excluding hydrogens is 415 g/mol. The minimum Gasteiger partial charge on any atom is -0.383 e. The van der Waals surface area contributed by atoms with Gasteiger partial charge >= 0.3 is 0 Å². The molecule has 1 heterocycles. The van der Waals surface area contributed by atoms with E-state index in [4.69, 9.17) is 0 Å². The van der Waals surface area contributed by atoms with Crippen molar-refractivity contribution in [2.24, 2.45) is 5.92 Å². The largest absolute Gasteiger partial charge is 0.383 e. The van der Waals surface area contributed by atoms with Crippen molar-refractivity contribution in [3.63, 3.8) is 0 Å². The summed E-state index contributed by atoms with van der Waals surface area (Å²) < 4.78 is 14.5. The van der Waals surface area contributed by atoms with Gasteiger partial charge in [-0.15, -0.1) is 0 Å². The molecule has 0 aliphatic heterocycles. The van der Waals surface area contributed by atoms with Crippen molar-refractivity contribution in [3.8, 4) is 0 Å². The van der Waals surface area contributed by atoms with Gasteiger partial charge in [0.25, 0.3) is 5.56 Å². The van der Waals surface area contributed by atoms with Gasteiger partial charge in [-0.2, -0.15) is 0 Å². The first kappa shape index (κ1) is 24.6. The van der Waals surface area contributed by atoms with Crippen LogP contribution in [-0.4, -0.2) is 41.0 Å². The zero-order chi connectivity index (χ0) is 23.8. The maximum absolute atomic E-state index is 14.5. The molecule has 0 saturated heterocycles. The Labute approximate surface area is 195 Å². The van der Waals surface area contributed by atoms with Crippen molar-refractivity contribution in [2.75, 3.05) is 31.5 Å². The fourth-order valence-electron chi connectivity index (χ4n) is 3.87. The van der Waals surface area contributed by atoms with Crippen LogP contribution in [0.2, 0.25) is 0 Å². The predicted octanol–water partition coefficient (Wildman–Crippen LogP) is 5.57. The van der Waals surface area contributed by atoms with Gasteiger partial charge in [0.05, 0.1) is 16.6 Å². The van der Waals surface area contributed by atoms with Crippen molar-refractivity contribution >= 4 is 28.7 Å². The van der Waals surface area contributed by atoms with Crippen LogP contribution in [0.3, 0.4) is 0 Å². The number of anilines is 1. The molecule has 176 valence electrons. The summed E-state index contributed by atoms with van der Waals surface area (Å²) in [6, 6.07) is 11.2. The third-order valence-corrected chi connectivity index (χ3v) is 5.73. The van der Waals surface area contributed by atoms with Gasteiger partial charge in [-0.05, 0) is 67.7 Å². The molecule has 0 atom stereocenters. The Morgan fingerprint density at radius 1 is 1.12 bits per heavy atom. The summed E-state index contributed by atoms with van der Waals surface area (Å²) in [5.74, 6) is 0.616. The molecule has 1 aromatic heterocycles. The van der Waals surface area contributed by atoms with E-state index >= 15 is 0 Å². The Bertz CT molecular complexity index is 1130. The van der Waals surface area contributed by atoms with Gasteiger partial charge in [0, 0.05) is 6.54 Å². The Morgan fingerprint density at radius 3 is 2.52 bits per heavy atom. The molecule has 6 heteroatoms. The van der Waals surface area contributed by atoms with Crippen molar-refractivity contribution in [2.45, 2.75) is 40.5 Å². The van der Waals surface area contributed by atoms with Crippen LogP contribution >= 0.6 is 0 Å². The highest BCUT2D eigenvalue weighted by Crippen LogP contribution is 2.20. The number of aromatic nitrogens is 2. The molecule has 2 N–H and O–H groups in total. The number of fused-ring (bicyclic) bond motifs is 1. The molecule has 3 aromatic rings. The number of hydrogen-bond acceptors (Lipinski definition) is 4. The Balaban J connectivity index is 1.74. The van der Waals surface area contributed by atoms with Gasteiger partial charge in [-0.25, -0.2) is 9.37 Å². The van der Waals surface area contributed by atoms with Crippen LogP contribution in [0.25, 0.3) is 23.1 Å². The molecule has 0 saturated carbocycles. The summed E-state index contributed by atoms with van der Waals surface area (Å²) in [6.07, 6.45) is 5.65. The minimum absolute atomic E-state index is 0.247. The highest BCUT2D eigenvalue weighted by Gasteiger charge is 2.09.